The van der Waals surface area contributed by atoms with Crippen molar-refractivity contribution in [2.45, 2.75) is 5.60 Å². The quantitative estimate of drug-likeness (QED) is 0.510. The predicted molar refractivity (Wildman–Crippen MR) is 104 cm³/mol. The molecule has 5 heteroatoms. The first-order chi connectivity index (χ1) is 13.0. The third-order valence-corrected chi connectivity index (χ3v) is 4.27. The molecule has 0 heterocycles. The lowest BCUT2D eigenvalue weighted by molar-refractivity contribution is -0.137. The van der Waals surface area contributed by atoms with Gasteiger partial charge in [-0.25, -0.2) is 0 Å². The van der Waals surface area contributed by atoms with Crippen molar-refractivity contribution in [3.8, 4) is 5.75 Å². The van der Waals surface area contributed by atoms with Crippen molar-refractivity contribution >= 4 is 11.6 Å². The largest absolute Gasteiger partial charge is 0.507 e. The first kappa shape index (κ1) is 18.2. The molecule has 0 aliphatic heterocycles. The molecule has 1 amide bonds. The number of phenolic OH excluding ortho intramolecular Hbond substituents is 1. The minimum Gasteiger partial charge on any atom is -0.507 e. The highest BCUT2D eigenvalue weighted by atomic mass is 16.3. The van der Waals surface area contributed by atoms with Gasteiger partial charge in [0.25, 0.3) is 5.91 Å². The Hall–Kier alpha value is -3.57. The third kappa shape index (κ3) is 3.68. The van der Waals surface area contributed by atoms with E-state index in [9.17, 15) is 15.0 Å². The number of carbonyl (C=O) groups excluding carboxylic acids is 1. The van der Waals surface area contributed by atoms with Gasteiger partial charge in [0.15, 0.2) is 5.60 Å². The van der Waals surface area contributed by atoms with Gasteiger partial charge >= 0.3 is 0 Å². The molecule has 0 unspecified atom stereocenters. The first-order valence-electron chi connectivity index (χ1n) is 8.40. The number of aromatic hydroxyl groups is 1. The van der Waals surface area contributed by atoms with Crippen molar-refractivity contribution in [2.24, 2.45) is 0 Å². The van der Waals surface area contributed by atoms with Crippen LogP contribution in [0.25, 0.3) is 5.70 Å². The molecule has 0 atom stereocenters. The van der Waals surface area contributed by atoms with Crippen LogP contribution in [0.4, 0.5) is 0 Å². The van der Waals surface area contributed by atoms with E-state index >= 15 is 0 Å². The molecule has 0 fully saturated rings. The van der Waals surface area contributed by atoms with Gasteiger partial charge < -0.3 is 10.2 Å². The van der Waals surface area contributed by atoms with E-state index in [4.69, 9.17) is 0 Å². The van der Waals surface area contributed by atoms with Gasteiger partial charge in [0.1, 0.15) is 5.75 Å². The molecule has 0 spiro atoms. The molecule has 0 aliphatic rings. The topological polar surface area (TPSA) is 81.6 Å². The molecule has 0 saturated heterocycles. The Kier molecular flexibility index (Phi) is 5.24. The molecule has 3 rings (SSSR count). The average molecular weight is 360 g/mol. The van der Waals surface area contributed by atoms with Gasteiger partial charge in [-0.2, -0.15) is 0 Å². The number of aliphatic hydroxyl groups is 1. The Bertz CT molecular complexity index is 901. The molecular formula is C22H20N2O3. The first-order valence-corrected chi connectivity index (χ1v) is 8.40. The van der Waals surface area contributed by atoms with Crippen LogP contribution in [-0.4, -0.2) is 16.1 Å². The molecule has 5 nitrogen and oxygen atoms in total. The Labute approximate surface area is 157 Å². The van der Waals surface area contributed by atoms with E-state index in [0.717, 1.165) is 0 Å². The van der Waals surface area contributed by atoms with Crippen LogP contribution in [0, 0.1) is 0 Å². The molecular weight excluding hydrogens is 340 g/mol. The second kappa shape index (κ2) is 7.76. The molecule has 0 aliphatic carbocycles. The highest BCUT2D eigenvalue weighted by Gasteiger charge is 2.40. The van der Waals surface area contributed by atoms with E-state index in [2.05, 4.69) is 17.4 Å². The zero-order chi connectivity index (χ0) is 19.3. The summed E-state index contributed by atoms with van der Waals surface area (Å²) in [6.07, 6.45) is 0. The number of carbonyl (C=O) groups is 1. The van der Waals surface area contributed by atoms with Crippen LogP contribution in [0.15, 0.2) is 91.5 Å². The van der Waals surface area contributed by atoms with Crippen LogP contribution in [0.5, 0.6) is 5.75 Å². The molecule has 3 aromatic carbocycles. The Balaban J connectivity index is 1.87. The minimum atomic E-state index is -1.89. The van der Waals surface area contributed by atoms with Crippen LogP contribution in [0.1, 0.15) is 16.7 Å². The zero-order valence-electron chi connectivity index (χ0n) is 14.6. The Morgan fingerprint density at radius 3 is 1.78 bits per heavy atom. The second-order valence-electron chi connectivity index (χ2n) is 6.02. The van der Waals surface area contributed by atoms with Gasteiger partial charge in [-0.3, -0.25) is 15.6 Å². The summed E-state index contributed by atoms with van der Waals surface area (Å²) in [5.74, 6) is -0.637. The van der Waals surface area contributed by atoms with E-state index in [1.54, 1.807) is 66.7 Å². The van der Waals surface area contributed by atoms with Crippen LogP contribution in [0.3, 0.4) is 0 Å². The molecule has 136 valence electrons. The molecule has 27 heavy (non-hydrogen) atoms. The molecule has 4 N–H and O–H groups in total. The maximum Gasteiger partial charge on any atom is 0.279 e. The Morgan fingerprint density at radius 2 is 1.26 bits per heavy atom. The maximum absolute atomic E-state index is 13.0. The highest BCUT2D eigenvalue weighted by molar-refractivity contribution is 5.90. The zero-order valence-corrected chi connectivity index (χ0v) is 14.6. The average Bonchev–Trinajstić information content (AvgIpc) is 2.72. The highest BCUT2D eigenvalue weighted by Crippen LogP contribution is 2.30. The van der Waals surface area contributed by atoms with E-state index in [0.29, 0.717) is 22.4 Å². The lowest BCUT2D eigenvalue weighted by atomic mass is 9.85. The lowest BCUT2D eigenvalue weighted by Crippen LogP contribution is -2.49. The smallest absolute Gasteiger partial charge is 0.279 e. The summed E-state index contributed by atoms with van der Waals surface area (Å²) in [5, 5.41) is 21.2. The number of hydrogen-bond acceptors (Lipinski definition) is 4. The lowest BCUT2D eigenvalue weighted by Gasteiger charge is -2.28. The fourth-order valence-electron chi connectivity index (χ4n) is 2.81. The normalized spacial score (nSPS) is 10.9. The Morgan fingerprint density at radius 1 is 0.778 bits per heavy atom. The summed E-state index contributed by atoms with van der Waals surface area (Å²) < 4.78 is 0. The van der Waals surface area contributed by atoms with Gasteiger partial charge in [-0.1, -0.05) is 79.4 Å². The van der Waals surface area contributed by atoms with Crippen molar-refractivity contribution in [1.29, 1.82) is 0 Å². The predicted octanol–water partition coefficient (Wildman–Crippen LogP) is 2.92. The van der Waals surface area contributed by atoms with E-state index in [1.165, 1.54) is 6.07 Å². The van der Waals surface area contributed by atoms with Gasteiger partial charge in [0.2, 0.25) is 0 Å². The van der Waals surface area contributed by atoms with Crippen LogP contribution in [-0.2, 0) is 10.4 Å². The van der Waals surface area contributed by atoms with Crippen molar-refractivity contribution in [3.63, 3.8) is 0 Å². The third-order valence-electron chi connectivity index (χ3n) is 4.27. The summed E-state index contributed by atoms with van der Waals surface area (Å²) in [6, 6.07) is 24.0. The molecule has 3 aromatic rings. The van der Waals surface area contributed by atoms with Gasteiger partial charge in [0.05, 0.1) is 5.70 Å². The van der Waals surface area contributed by atoms with Crippen molar-refractivity contribution < 1.29 is 15.0 Å². The summed E-state index contributed by atoms with van der Waals surface area (Å²) in [5.41, 5.74) is 4.88. The second-order valence-corrected chi connectivity index (χ2v) is 6.02. The van der Waals surface area contributed by atoms with Crippen molar-refractivity contribution in [2.75, 3.05) is 0 Å². The number of rotatable bonds is 6. The van der Waals surface area contributed by atoms with Gasteiger partial charge in [0, 0.05) is 5.56 Å². The summed E-state index contributed by atoms with van der Waals surface area (Å²) in [7, 11) is 0. The van der Waals surface area contributed by atoms with Crippen LogP contribution in [0.2, 0.25) is 0 Å². The van der Waals surface area contributed by atoms with E-state index in [1.807, 2.05) is 12.1 Å². The number of benzene rings is 3. The van der Waals surface area contributed by atoms with Gasteiger partial charge in [-0.15, -0.1) is 0 Å². The number of para-hydroxylation sites is 1. The molecule has 0 saturated carbocycles. The van der Waals surface area contributed by atoms with E-state index in [-0.39, 0.29) is 5.75 Å². The summed E-state index contributed by atoms with van der Waals surface area (Å²) in [4.78, 5) is 13.0. The summed E-state index contributed by atoms with van der Waals surface area (Å²) >= 11 is 0. The monoisotopic (exact) mass is 360 g/mol. The number of phenols is 1. The van der Waals surface area contributed by atoms with Gasteiger partial charge in [-0.05, 0) is 23.3 Å². The molecule has 0 aromatic heterocycles. The number of amides is 1. The fourth-order valence-corrected chi connectivity index (χ4v) is 2.81. The van der Waals surface area contributed by atoms with Crippen molar-refractivity contribution in [1.82, 2.24) is 10.9 Å². The van der Waals surface area contributed by atoms with Crippen LogP contribution >= 0.6 is 0 Å². The minimum absolute atomic E-state index is 0.0330. The SMILES string of the molecule is C=C(NNC(=O)C(O)(c1ccccc1)c1ccccc1)c1ccccc1O. The molecule has 0 bridgehead atoms. The van der Waals surface area contributed by atoms with Crippen LogP contribution < -0.4 is 10.9 Å². The number of nitrogens with one attached hydrogen (secondary N) is 2. The maximum atomic E-state index is 13.0. The standard InChI is InChI=1S/C22H20N2O3/c1-16(19-14-8-9-15-20(19)25)23-24-21(26)22(27,17-10-4-2-5-11-17)18-12-6-3-7-13-18/h2-15,23,25,27H,1H2,(H,24,26). The fraction of sp³-hybridized carbons (Fsp3) is 0.0455. The van der Waals surface area contributed by atoms with Crippen molar-refractivity contribution in [3.05, 3.63) is 108 Å². The molecule has 0 radical (unpaired) electrons. The number of hydrazine groups is 1. The summed E-state index contributed by atoms with van der Waals surface area (Å²) in [6.45, 7) is 3.82. The number of hydrogen-bond donors (Lipinski definition) is 4. The van der Waals surface area contributed by atoms with E-state index < -0.39 is 11.5 Å².